The van der Waals surface area contributed by atoms with Gasteiger partial charge in [-0.05, 0) is 24.8 Å². The average molecular weight is 319 g/mol. The first-order valence-electron chi connectivity index (χ1n) is 7.98. The number of hydrogen-bond donors (Lipinski definition) is 1. The fourth-order valence-corrected chi connectivity index (χ4v) is 3.47. The summed E-state index contributed by atoms with van der Waals surface area (Å²) in [6, 6.07) is 8.49. The first kappa shape index (κ1) is 15.8. The molecule has 0 bridgehead atoms. The molecule has 2 aliphatic heterocycles. The second-order valence-electron chi connectivity index (χ2n) is 6.02. The van der Waals surface area contributed by atoms with Gasteiger partial charge in [0.25, 0.3) is 0 Å². The van der Waals surface area contributed by atoms with Crippen LogP contribution in [-0.4, -0.2) is 47.4 Å². The largest absolute Gasteiger partial charge is 0.480 e. The number of carboxylic acid groups (broad SMARTS) is 1. The maximum Gasteiger partial charge on any atom is 0.410 e. The van der Waals surface area contributed by atoms with Gasteiger partial charge in [-0.25, -0.2) is 9.59 Å². The molecule has 2 fully saturated rings. The number of rotatable bonds is 4. The molecule has 0 aromatic heterocycles. The third-order valence-corrected chi connectivity index (χ3v) is 4.58. The smallest absolute Gasteiger partial charge is 0.410 e. The summed E-state index contributed by atoms with van der Waals surface area (Å²) in [6.45, 7) is 1.22. The summed E-state index contributed by atoms with van der Waals surface area (Å²) < 4.78 is 10.9. The Kier molecular flexibility index (Phi) is 4.81. The molecular weight excluding hydrogens is 298 g/mol. The van der Waals surface area contributed by atoms with Gasteiger partial charge in [0.2, 0.25) is 0 Å². The molecule has 2 aliphatic rings. The molecule has 23 heavy (non-hydrogen) atoms. The molecule has 1 aromatic carbocycles. The molecule has 2 heterocycles. The van der Waals surface area contributed by atoms with Crippen molar-refractivity contribution >= 4 is 12.1 Å². The lowest BCUT2D eigenvalue weighted by Crippen LogP contribution is -2.46. The summed E-state index contributed by atoms with van der Waals surface area (Å²) >= 11 is 0. The summed E-state index contributed by atoms with van der Waals surface area (Å²) in [4.78, 5) is 25.3. The molecule has 1 amide bonds. The highest BCUT2D eigenvalue weighted by molar-refractivity contribution is 5.81. The summed E-state index contributed by atoms with van der Waals surface area (Å²) in [5.74, 6) is -1.14. The minimum absolute atomic E-state index is 0.0666. The predicted molar refractivity (Wildman–Crippen MR) is 81.8 cm³/mol. The van der Waals surface area contributed by atoms with Crippen LogP contribution in [0.3, 0.4) is 0 Å². The Bertz CT molecular complexity index is 555. The Balaban J connectivity index is 1.63. The van der Waals surface area contributed by atoms with Crippen molar-refractivity contribution in [2.24, 2.45) is 5.92 Å². The molecule has 6 nitrogen and oxygen atoms in total. The molecule has 3 atom stereocenters. The molecule has 6 heteroatoms. The van der Waals surface area contributed by atoms with Gasteiger partial charge in [0.15, 0.2) is 0 Å². The minimum Gasteiger partial charge on any atom is -0.480 e. The number of carboxylic acids is 1. The monoisotopic (exact) mass is 319 g/mol. The molecule has 0 spiro atoms. The van der Waals surface area contributed by atoms with Crippen LogP contribution in [-0.2, 0) is 20.9 Å². The molecule has 1 aromatic rings. The van der Waals surface area contributed by atoms with Crippen LogP contribution in [0.2, 0.25) is 0 Å². The summed E-state index contributed by atoms with van der Waals surface area (Å²) in [7, 11) is 0. The van der Waals surface area contributed by atoms with E-state index in [9.17, 15) is 14.7 Å². The Labute approximate surface area is 135 Å². The van der Waals surface area contributed by atoms with Gasteiger partial charge < -0.3 is 14.6 Å². The minimum atomic E-state index is -0.986. The number of carbonyl (C=O) groups excluding carboxylic acids is 1. The van der Waals surface area contributed by atoms with E-state index in [1.54, 1.807) is 0 Å². The summed E-state index contributed by atoms with van der Waals surface area (Å²) in [5, 5.41) is 9.54. The molecule has 1 N–H and O–H groups in total. The Morgan fingerprint density at radius 1 is 1.26 bits per heavy atom. The Morgan fingerprint density at radius 3 is 2.70 bits per heavy atom. The molecule has 2 saturated heterocycles. The van der Waals surface area contributed by atoms with Crippen LogP contribution in [0.5, 0.6) is 0 Å². The van der Waals surface area contributed by atoms with Gasteiger partial charge in [0.05, 0.1) is 6.10 Å². The highest BCUT2D eigenvalue weighted by Gasteiger charge is 2.47. The topological polar surface area (TPSA) is 76.1 Å². The number of ether oxygens (including phenoxy) is 2. The van der Waals surface area contributed by atoms with Gasteiger partial charge in [0.1, 0.15) is 12.6 Å². The van der Waals surface area contributed by atoms with Gasteiger partial charge in [-0.1, -0.05) is 30.3 Å². The van der Waals surface area contributed by atoms with E-state index in [0.29, 0.717) is 19.6 Å². The third kappa shape index (κ3) is 3.47. The second kappa shape index (κ2) is 7.00. The fourth-order valence-electron chi connectivity index (χ4n) is 3.47. The maximum absolute atomic E-state index is 12.3. The second-order valence-corrected chi connectivity index (χ2v) is 6.02. The average Bonchev–Trinajstić information content (AvgIpc) is 3.22. The molecule has 0 aliphatic carbocycles. The number of benzene rings is 1. The molecule has 3 rings (SSSR count). The molecule has 124 valence electrons. The van der Waals surface area contributed by atoms with Crippen LogP contribution >= 0.6 is 0 Å². The molecular formula is C17H21NO5. The first-order chi connectivity index (χ1) is 11.2. The van der Waals surface area contributed by atoms with E-state index in [-0.39, 0.29) is 18.6 Å². The van der Waals surface area contributed by atoms with Crippen molar-refractivity contribution in [1.29, 1.82) is 0 Å². The highest BCUT2D eigenvalue weighted by Crippen LogP contribution is 2.34. The molecule has 0 radical (unpaired) electrons. The van der Waals surface area contributed by atoms with Gasteiger partial charge in [-0.3, -0.25) is 4.90 Å². The normalized spacial score (nSPS) is 27.1. The van der Waals surface area contributed by atoms with Gasteiger partial charge in [0, 0.05) is 19.1 Å². The van der Waals surface area contributed by atoms with E-state index in [2.05, 4.69) is 0 Å². The van der Waals surface area contributed by atoms with E-state index >= 15 is 0 Å². The van der Waals surface area contributed by atoms with E-state index in [1.165, 1.54) is 4.90 Å². The number of amides is 1. The highest BCUT2D eigenvalue weighted by atomic mass is 16.6. The first-order valence-corrected chi connectivity index (χ1v) is 7.98. The van der Waals surface area contributed by atoms with Crippen molar-refractivity contribution in [3.63, 3.8) is 0 Å². The Hall–Kier alpha value is -2.08. The van der Waals surface area contributed by atoms with Crippen LogP contribution in [0.1, 0.15) is 24.8 Å². The van der Waals surface area contributed by atoms with E-state index < -0.39 is 18.1 Å². The van der Waals surface area contributed by atoms with Crippen molar-refractivity contribution in [3.05, 3.63) is 35.9 Å². The fraction of sp³-hybridized carbons (Fsp3) is 0.529. The zero-order chi connectivity index (χ0) is 16.2. The number of nitrogens with zero attached hydrogens (tertiary/aromatic N) is 1. The number of carbonyl (C=O) groups is 2. The SMILES string of the molecule is O=C(O)C1C(C2CCCO2)CCN1C(=O)OCc1ccccc1. The van der Waals surface area contributed by atoms with E-state index in [4.69, 9.17) is 9.47 Å². The zero-order valence-corrected chi connectivity index (χ0v) is 12.9. The van der Waals surface area contributed by atoms with Gasteiger partial charge in [-0.15, -0.1) is 0 Å². The standard InChI is InChI=1S/C17H21NO5/c19-16(20)15-13(14-7-4-10-22-14)8-9-18(15)17(21)23-11-12-5-2-1-3-6-12/h1-3,5-6,13-15H,4,7-11H2,(H,19,20). The quantitative estimate of drug-likeness (QED) is 0.921. The predicted octanol–water partition coefficient (Wildman–Crippen LogP) is 2.28. The van der Waals surface area contributed by atoms with Crippen molar-refractivity contribution in [3.8, 4) is 0 Å². The van der Waals surface area contributed by atoms with Crippen molar-refractivity contribution in [2.45, 2.75) is 38.0 Å². The summed E-state index contributed by atoms with van der Waals surface area (Å²) in [6.07, 6.45) is 1.82. The van der Waals surface area contributed by atoms with Crippen LogP contribution in [0.15, 0.2) is 30.3 Å². The zero-order valence-electron chi connectivity index (χ0n) is 12.9. The van der Waals surface area contributed by atoms with Crippen LogP contribution in [0, 0.1) is 5.92 Å². The number of likely N-dealkylation sites (tertiary alicyclic amines) is 1. The van der Waals surface area contributed by atoms with Crippen molar-refractivity contribution < 1.29 is 24.2 Å². The lowest BCUT2D eigenvalue weighted by molar-refractivity contribution is -0.144. The number of aliphatic carboxylic acids is 1. The molecule has 3 unspecified atom stereocenters. The lowest BCUT2D eigenvalue weighted by atomic mass is 9.92. The van der Waals surface area contributed by atoms with E-state index in [1.807, 2.05) is 30.3 Å². The lowest BCUT2D eigenvalue weighted by Gasteiger charge is -2.26. The van der Waals surface area contributed by atoms with Crippen LogP contribution in [0.4, 0.5) is 4.79 Å². The maximum atomic E-state index is 12.3. The van der Waals surface area contributed by atoms with Crippen LogP contribution < -0.4 is 0 Å². The van der Waals surface area contributed by atoms with Gasteiger partial charge >= 0.3 is 12.1 Å². The summed E-state index contributed by atoms with van der Waals surface area (Å²) in [5.41, 5.74) is 0.877. The van der Waals surface area contributed by atoms with Crippen molar-refractivity contribution in [2.75, 3.05) is 13.2 Å². The Morgan fingerprint density at radius 2 is 2.04 bits per heavy atom. The third-order valence-electron chi connectivity index (χ3n) is 4.58. The molecule has 0 saturated carbocycles. The van der Waals surface area contributed by atoms with Crippen LogP contribution in [0.25, 0.3) is 0 Å². The van der Waals surface area contributed by atoms with E-state index in [0.717, 1.165) is 18.4 Å². The van der Waals surface area contributed by atoms with Crippen molar-refractivity contribution in [1.82, 2.24) is 4.90 Å². The van der Waals surface area contributed by atoms with Gasteiger partial charge in [-0.2, -0.15) is 0 Å². The number of hydrogen-bond acceptors (Lipinski definition) is 4.